The van der Waals surface area contributed by atoms with Gasteiger partial charge in [-0.3, -0.25) is 0 Å². The Kier molecular flexibility index (Phi) is 4.48. The zero-order valence-electron chi connectivity index (χ0n) is 9.33. The first-order valence-corrected chi connectivity index (χ1v) is 5.25. The van der Waals surface area contributed by atoms with Gasteiger partial charge in [-0.1, -0.05) is 0 Å². The molecule has 1 aliphatic rings. The van der Waals surface area contributed by atoms with Crippen LogP contribution in [-0.2, 0) is 9.47 Å². The fourth-order valence-electron chi connectivity index (χ4n) is 1.74. The number of ether oxygens (including phenoxy) is 2. The molecule has 2 unspecified atom stereocenters. The Bertz CT molecular complexity index is 196. The minimum atomic E-state index is -0.997. The molecule has 0 bridgehead atoms. The van der Waals surface area contributed by atoms with Crippen molar-refractivity contribution in [2.75, 3.05) is 6.61 Å². The Morgan fingerprint density at radius 1 is 1.27 bits per heavy atom. The summed E-state index contributed by atoms with van der Waals surface area (Å²) in [5.74, 6) is 0. The van der Waals surface area contributed by atoms with E-state index in [1.807, 2.05) is 13.8 Å². The smallest absolute Gasteiger partial charge is 0.115 e. The van der Waals surface area contributed by atoms with Gasteiger partial charge in [0.1, 0.15) is 24.4 Å². The fourth-order valence-corrected chi connectivity index (χ4v) is 1.74. The molecule has 5 heteroatoms. The van der Waals surface area contributed by atoms with E-state index in [1.54, 1.807) is 6.92 Å². The van der Waals surface area contributed by atoms with E-state index >= 15 is 0 Å². The van der Waals surface area contributed by atoms with Crippen molar-refractivity contribution in [2.24, 2.45) is 0 Å². The summed E-state index contributed by atoms with van der Waals surface area (Å²) in [6, 6.07) is 0. The van der Waals surface area contributed by atoms with Crippen molar-refractivity contribution in [1.29, 1.82) is 0 Å². The van der Waals surface area contributed by atoms with Crippen LogP contribution in [0.4, 0.5) is 0 Å². The molecule has 1 saturated heterocycles. The fraction of sp³-hybridized carbons (Fsp3) is 1.00. The predicted molar refractivity (Wildman–Crippen MR) is 53.4 cm³/mol. The zero-order valence-corrected chi connectivity index (χ0v) is 9.33. The van der Waals surface area contributed by atoms with Crippen molar-refractivity contribution < 1.29 is 24.8 Å². The number of hydrogen-bond acceptors (Lipinski definition) is 5. The van der Waals surface area contributed by atoms with Gasteiger partial charge in [0.2, 0.25) is 0 Å². The molecule has 0 spiro atoms. The van der Waals surface area contributed by atoms with Crippen molar-refractivity contribution in [2.45, 2.75) is 57.4 Å². The largest absolute Gasteiger partial charge is 0.394 e. The molecule has 0 radical (unpaired) electrons. The number of aliphatic hydroxyl groups excluding tert-OH is 3. The first-order chi connectivity index (χ1) is 6.97. The molecule has 0 aliphatic carbocycles. The van der Waals surface area contributed by atoms with Crippen LogP contribution >= 0.6 is 0 Å². The second kappa shape index (κ2) is 5.23. The van der Waals surface area contributed by atoms with Gasteiger partial charge in [0.15, 0.2) is 0 Å². The molecular weight excluding hydrogens is 200 g/mol. The summed E-state index contributed by atoms with van der Waals surface area (Å²) in [5, 5.41) is 28.6. The minimum Gasteiger partial charge on any atom is -0.394 e. The summed E-state index contributed by atoms with van der Waals surface area (Å²) >= 11 is 0. The van der Waals surface area contributed by atoms with Gasteiger partial charge in [-0.05, 0) is 20.8 Å². The molecule has 15 heavy (non-hydrogen) atoms. The first kappa shape index (κ1) is 12.9. The van der Waals surface area contributed by atoms with Crippen LogP contribution in [0.1, 0.15) is 20.8 Å². The van der Waals surface area contributed by atoms with Crippen LogP contribution in [0.5, 0.6) is 0 Å². The van der Waals surface area contributed by atoms with E-state index in [1.165, 1.54) is 0 Å². The lowest BCUT2D eigenvalue weighted by atomic mass is 9.95. The summed E-state index contributed by atoms with van der Waals surface area (Å²) in [5.41, 5.74) is 0. The van der Waals surface area contributed by atoms with Crippen LogP contribution in [-0.4, -0.2) is 58.6 Å². The predicted octanol–water partition coefficient (Wildman–Crippen LogP) is -0.719. The van der Waals surface area contributed by atoms with Gasteiger partial charge in [0, 0.05) is 0 Å². The lowest BCUT2D eigenvalue weighted by molar-refractivity contribution is -0.244. The molecule has 1 fully saturated rings. The van der Waals surface area contributed by atoms with Crippen LogP contribution in [0, 0.1) is 0 Å². The summed E-state index contributed by atoms with van der Waals surface area (Å²) in [7, 11) is 0. The average molecular weight is 220 g/mol. The number of rotatable bonds is 3. The monoisotopic (exact) mass is 220 g/mol. The highest BCUT2D eigenvalue weighted by atomic mass is 16.6. The topological polar surface area (TPSA) is 79.2 Å². The second-order valence-electron chi connectivity index (χ2n) is 4.19. The van der Waals surface area contributed by atoms with Gasteiger partial charge in [-0.2, -0.15) is 0 Å². The van der Waals surface area contributed by atoms with E-state index in [4.69, 9.17) is 14.6 Å². The van der Waals surface area contributed by atoms with E-state index in [-0.39, 0.29) is 12.7 Å². The molecule has 0 aromatic heterocycles. The van der Waals surface area contributed by atoms with Crippen LogP contribution in [0.3, 0.4) is 0 Å². The highest BCUT2D eigenvalue weighted by molar-refractivity contribution is 4.91. The maximum Gasteiger partial charge on any atom is 0.115 e. The van der Waals surface area contributed by atoms with E-state index < -0.39 is 30.5 Å². The van der Waals surface area contributed by atoms with Gasteiger partial charge in [-0.15, -0.1) is 0 Å². The maximum atomic E-state index is 9.80. The lowest BCUT2D eigenvalue weighted by Crippen LogP contribution is -2.59. The third kappa shape index (κ3) is 2.89. The molecule has 3 N–H and O–H groups in total. The Balaban J connectivity index is 2.70. The Labute approximate surface area is 89.6 Å². The number of aliphatic hydroxyl groups is 3. The molecule has 1 aliphatic heterocycles. The van der Waals surface area contributed by atoms with E-state index in [0.29, 0.717) is 0 Å². The second-order valence-corrected chi connectivity index (χ2v) is 4.19. The summed E-state index contributed by atoms with van der Waals surface area (Å²) in [4.78, 5) is 0. The van der Waals surface area contributed by atoms with Gasteiger partial charge >= 0.3 is 0 Å². The Morgan fingerprint density at radius 3 is 2.33 bits per heavy atom. The van der Waals surface area contributed by atoms with Crippen LogP contribution < -0.4 is 0 Å². The standard InChI is InChI=1S/C10H20O5/c1-5(2)14-10-8(12)6(3)15-7(4-11)9(10)13/h5-13H,4H2,1-3H3/t6-,7?,8+,9+,10?/m0/s1. The summed E-state index contributed by atoms with van der Waals surface area (Å²) in [6.45, 7) is 5.06. The van der Waals surface area contributed by atoms with Crippen LogP contribution in [0.15, 0.2) is 0 Å². The van der Waals surface area contributed by atoms with E-state index in [0.717, 1.165) is 0 Å². The molecule has 0 saturated carbocycles. The Morgan fingerprint density at radius 2 is 1.87 bits per heavy atom. The van der Waals surface area contributed by atoms with Gasteiger partial charge in [0.25, 0.3) is 0 Å². The molecule has 5 nitrogen and oxygen atoms in total. The lowest BCUT2D eigenvalue weighted by Gasteiger charge is -2.41. The third-order valence-corrected chi connectivity index (χ3v) is 2.53. The average Bonchev–Trinajstić information content (AvgIpc) is 2.18. The molecule has 0 aromatic carbocycles. The Hall–Kier alpha value is -0.200. The first-order valence-electron chi connectivity index (χ1n) is 5.25. The normalized spacial score (nSPS) is 42.2. The molecular formula is C10H20O5. The highest BCUT2D eigenvalue weighted by Crippen LogP contribution is 2.24. The van der Waals surface area contributed by atoms with Crippen molar-refractivity contribution in [3.63, 3.8) is 0 Å². The SMILES string of the molecule is CC(C)OC1[C@H](O)C(CO)O[C@@H](C)[C@H]1O. The van der Waals surface area contributed by atoms with E-state index in [2.05, 4.69) is 0 Å². The van der Waals surface area contributed by atoms with Gasteiger partial charge in [-0.25, -0.2) is 0 Å². The molecule has 90 valence electrons. The molecule has 0 amide bonds. The molecule has 0 aromatic rings. The van der Waals surface area contributed by atoms with Crippen molar-refractivity contribution in [3.8, 4) is 0 Å². The molecule has 1 heterocycles. The van der Waals surface area contributed by atoms with E-state index in [9.17, 15) is 10.2 Å². The quantitative estimate of drug-likeness (QED) is 0.585. The zero-order chi connectivity index (χ0) is 11.6. The summed E-state index contributed by atoms with van der Waals surface area (Å²) in [6.07, 6.45) is -3.80. The minimum absolute atomic E-state index is 0.0936. The summed E-state index contributed by atoms with van der Waals surface area (Å²) < 4.78 is 10.7. The number of hydrogen-bond donors (Lipinski definition) is 3. The van der Waals surface area contributed by atoms with Gasteiger partial charge < -0.3 is 24.8 Å². The van der Waals surface area contributed by atoms with Crippen LogP contribution in [0.2, 0.25) is 0 Å². The molecule has 1 rings (SSSR count). The van der Waals surface area contributed by atoms with Crippen molar-refractivity contribution in [1.82, 2.24) is 0 Å². The van der Waals surface area contributed by atoms with Gasteiger partial charge in [0.05, 0.1) is 18.8 Å². The molecule has 5 atom stereocenters. The highest BCUT2D eigenvalue weighted by Gasteiger charge is 2.43. The maximum absolute atomic E-state index is 9.80. The van der Waals surface area contributed by atoms with Crippen LogP contribution in [0.25, 0.3) is 0 Å². The van der Waals surface area contributed by atoms with Crippen molar-refractivity contribution >= 4 is 0 Å². The van der Waals surface area contributed by atoms with Crippen molar-refractivity contribution in [3.05, 3.63) is 0 Å². The third-order valence-electron chi connectivity index (χ3n) is 2.53.